The summed E-state index contributed by atoms with van der Waals surface area (Å²) in [6, 6.07) is 6.23. The number of hydrogen-bond acceptors (Lipinski definition) is 7. The molecule has 1 aromatic carbocycles. The maximum atomic E-state index is 12.7. The van der Waals surface area contributed by atoms with Crippen LogP contribution in [0.3, 0.4) is 0 Å². The highest BCUT2D eigenvalue weighted by Gasteiger charge is 2.22. The van der Waals surface area contributed by atoms with Gasteiger partial charge in [-0.1, -0.05) is 29.5 Å². The number of ether oxygens (including phenoxy) is 1. The average Bonchev–Trinajstić information content (AvgIpc) is 3.23. The number of hydrogen-bond donors (Lipinski definition) is 1. The Hall–Kier alpha value is -2.39. The third kappa shape index (κ3) is 5.65. The van der Waals surface area contributed by atoms with Gasteiger partial charge in [0.2, 0.25) is 5.91 Å². The summed E-state index contributed by atoms with van der Waals surface area (Å²) < 4.78 is 8.03. The summed E-state index contributed by atoms with van der Waals surface area (Å²) >= 11 is 2.87. The van der Waals surface area contributed by atoms with Crippen LogP contribution in [0.2, 0.25) is 0 Å². The van der Waals surface area contributed by atoms with Crippen molar-refractivity contribution in [2.24, 2.45) is 0 Å². The molecular weight excluding hydrogens is 430 g/mol. The highest BCUT2D eigenvalue weighted by Crippen LogP contribution is 2.28. The molecule has 31 heavy (non-hydrogen) atoms. The molecule has 0 unspecified atom stereocenters. The van der Waals surface area contributed by atoms with Gasteiger partial charge in [-0.15, -0.1) is 21.5 Å². The molecule has 0 saturated carbocycles. The highest BCUT2D eigenvalue weighted by molar-refractivity contribution is 8.00. The molecule has 2 heterocycles. The minimum Gasteiger partial charge on any atom is -0.485 e. The van der Waals surface area contributed by atoms with E-state index in [-0.39, 0.29) is 17.2 Å². The first-order chi connectivity index (χ1) is 14.7. The van der Waals surface area contributed by atoms with Gasteiger partial charge in [0.05, 0.1) is 10.9 Å². The van der Waals surface area contributed by atoms with Crippen LogP contribution in [0.25, 0.3) is 0 Å². The van der Waals surface area contributed by atoms with Crippen molar-refractivity contribution in [3.63, 3.8) is 0 Å². The van der Waals surface area contributed by atoms with Gasteiger partial charge in [-0.05, 0) is 60.1 Å². The number of carbonyl (C=O) groups is 1. The molecular formula is C22H29N5O2S2. The standard InChI is InChI=1S/C22H29N5O2S2/c1-12(2)27-19(11-29-18-9-8-13(3)10-14(18)4)25-26-22(27)31-17(7)20(28)24-21-23-15(5)16(6)30-21/h8-10,12,17H,11H2,1-7H3,(H,23,24,28)/t17-/m0/s1. The lowest BCUT2D eigenvalue weighted by molar-refractivity contribution is -0.115. The zero-order valence-corrected chi connectivity index (χ0v) is 20.6. The molecule has 0 aliphatic heterocycles. The predicted molar refractivity (Wildman–Crippen MR) is 126 cm³/mol. The molecule has 0 bridgehead atoms. The lowest BCUT2D eigenvalue weighted by atomic mass is 10.1. The van der Waals surface area contributed by atoms with Crippen LogP contribution in [-0.4, -0.2) is 30.9 Å². The molecule has 0 spiro atoms. The minimum absolute atomic E-state index is 0.106. The molecule has 0 fully saturated rings. The van der Waals surface area contributed by atoms with Crippen LogP contribution in [0.4, 0.5) is 5.13 Å². The number of nitrogens with zero attached hydrogens (tertiary/aromatic N) is 4. The maximum Gasteiger partial charge on any atom is 0.239 e. The largest absolute Gasteiger partial charge is 0.485 e. The fraction of sp³-hybridized carbons (Fsp3) is 0.455. The fourth-order valence-corrected chi connectivity index (χ4v) is 4.87. The van der Waals surface area contributed by atoms with Crippen molar-refractivity contribution in [1.82, 2.24) is 19.7 Å². The van der Waals surface area contributed by atoms with Gasteiger partial charge in [-0.3, -0.25) is 4.79 Å². The molecule has 1 N–H and O–H groups in total. The van der Waals surface area contributed by atoms with E-state index in [1.54, 1.807) is 0 Å². The van der Waals surface area contributed by atoms with Gasteiger partial charge in [0, 0.05) is 10.9 Å². The fourth-order valence-electron chi connectivity index (χ4n) is 3.05. The summed E-state index contributed by atoms with van der Waals surface area (Å²) in [7, 11) is 0. The lowest BCUT2D eigenvalue weighted by Crippen LogP contribution is -2.23. The van der Waals surface area contributed by atoms with E-state index in [1.165, 1.54) is 28.7 Å². The number of thiazole rings is 1. The van der Waals surface area contributed by atoms with Gasteiger partial charge >= 0.3 is 0 Å². The zero-order valence-electron chi connectivity index (χ0n) is 19.0. The Morgan fingerprint density at radius 1 is 1.19 bits per heavy atom. The number of nitrogens with one attached hydrogen (secondary N) is 1. The van der Waals surface area contributed by atoms with Gasteiger partial charge in [0.1, 0.15) is 12.4 Å². The molecule has 0 radical (unpaired) electrons. The number of thioether (sulfide) groups is 1. The Labute approximate surface area is 191 Å². The number of amides is 1. The molecule has 9 heteroatoms. The lowest BCUT2D eigenvalue weighted by Gasteiger charge is -2.16. The summed E-state index contributed by atoms with van der Waals surface area (Å²) in [5, 5.41) is 12.5. The van der Waals surface area contributed by atoms with Gasteiger partial charge in [-0.25, -0.2) is 4.98 Å². The van der Waals surface area contributed by atoms with Crippen molar-refractivity contribution in [2.45, 2.75) is 71.5 Å². The molecule has 0 aliphatic rings. The third-order valence-electron chi connectivity index (χ3n) is 4.85. The van der Waals surface area contributed by atoms with Crippen LogP contribution in [0.1, 0.15) is 54.3 Å². The predicted octanol–water partition coefficient (Wildman–Crippen LogP) is 5.25. The first-order valence-corrected chi connectivity index (χ1v) is 11.9. The number of anilines is 1. The van der Waals surface area contributed by atoms with Gasteiger partial charge in [0.25, 0.3) is 0 Å². The average molecular weight is 460 g/mol. The summed E-state index contributed by atoms with van der Waals surface area (Å²) in [6.45, 7) is 14.3. The van der Waals surface area contributed by atoms with Crippen LogP contribution in [0.15, 0.2) is 23.4 Å². The van der Waals surface area contributed by atoms with Crippen molar-refractivity contribution < 1.29 is 9.53 Å². The van der Waals surface area contributed by atoms with Gasteiger partial charge < -0.3 is 14.6 Å². The SMILES string of the molecule is Cc1ccc(OCc2nnc(S[C@@H](C)C(=O)Nc3nc(C)c(C)s3)n2C(C)C)c(C)c1. The summed E-state index contributed by atoms with van der Waals surface area (Å²) in [4.78, 5) is 18.1. The van der Waals surface area contributed by atoms with Gasteiger partial charge in [-0.2, -0.15) is 0 Å². The minimum atomic E-state index is -0.348. The first-order valence-electron chi connectivity index (χ1n) is 10.2. The molecule has 0 saturated heterocycles. The molecule has 1 amide bonds. The monoisotopic (exact) mass is 459 g/mol. The van der Waals surface area contributed by atoms with E-state index in [9.17, 15) is 4.79 Å². The van der Waals surface area contributed by atoms with Crippen molar-refractivity contribution in [1.29, 1.82) is 0 Å². The van der Waals surface area contributed by atoms with Crippen molar-refractivity contribution in [3.05, 3.63) is 45.7 Å². The van der Waals surface area contributed by atoms with E-state index in [2.05, 4.69) is 47.3 Å². The quantitative estimate of drug-likeness (QED) is 0.464. The number of rotatable bonds is 8. The van der Waals surface area contributed by atoms with E-state index >= 15 is 0 Å². The Bertz CT molecular complexity index is 1050. The van der Waals surface area contributed by atoms with Crippen LogP contribution in [-0.2, 0) is 11.4 Å². The molecule has 1 atom stereocenters. The second-order valence-corrected chi connectivity index (χ2v) is 10.3. The Kier molecular flexibility index (Phi) is 7.38. The molecule has 166 valence electrons. The molecule has 3 aromatic rings. The summed E-state index contributed by atoms with van der Waals surface area (Å²) in [6.07, 6.45) is 0. The van der Waals surface area contributed by atoms with Crippen LogP contribution < -0.4 is 10.1 Å². The Morgan fingerprint density at radius 2 is 1.94 bits per heavy atom. The zero-order chi connectivity index (χ0) is 22.7. The molecule has 3 rings (SSSR count). The third-order valence-corrected chi connectivity index (χ3v) is 6.89. The molecule has 0 aliphatic carbocycles. The number of benzene rings is 1. The van der Waals surface area contributed by atoms with E-state index in [0.29, 0.717) is 16.9 Å². The number of aryl methyl sites for hydroxylation is 4. The van der Waals surface area contributed by atoms with Crippen LogP contribution >= 0.6 is 23.1 Å². The normalized spacial score (nSPS) is 12.3. The summed E-state index contributed by atoms with van der Waals surface area (Å²) in [5.74, 6) is 1.46. The van der Waals surface area contributed by atoms with Crippen molar-refractivity contribution >= 4 is 34.1 Å². The number of aromatic nitrogens is 4. The van der Waals surface area contributed by atoms with Crippen LogP contribution in [0, 0.1) is 27.7 Å². The van der Waals surface area contributed by atoms with E-state index < -0.39 is 0 Å². The smallest absolute Gasteiger partial charge is 0.239 e. The molecule has 2 aromatic heterocycles. The Balaban J connectivity index is 1.69. The van der Waals surface area contributed by atoms with Crippen molar-refractivity contribution in [2.75, 3.05) is 5.32 Å². The van der Waals surface area contributed by atoms with E-state index in [0.717, 1.165) is 27.7 Å². The van der Waals surface area contributed by atoms with E-state index in [1.807, 2.05) is 44.4 Å². The topological polar surface area (TPSA) is 81.9 Å². The van der Waals surface area contributed by atoms with Crippen molar-refractivity contribution in [3.8, 4) is 5.75 Å². The maximum absolute atomic E-state index is 12.7. The second kappa shape index (κ2) is 9.82. The van der Waals surface area contributed by atoms with E-state index in [4.69, 9.17) is 4.74 Å². The first kappa shape index (κ1) is 23.3. The van der Waals surface area contributed by atoms with Crippen LogP contribution in [0.5, 0.6) is 5.75 Å². The molecule has 7 nitrogen and oxygen atoms in total. The highest BCUT2D eigenvalue weighted by atomic mass is 32.2. The summed E-state index contributed by atoms with van der Waals surface area (Å²) in [5.41, 5.74) is 3.22. The Morgan fingerprint density at radius 3 is 2.55 bits per heavy atom. The van der Waals surface area contributed by atoms with Gasteiger partial charge in [0.15, 0.2) is 16.1 Å². The number of carbonyl (C=O) groups excluding carboxylic acids is 1. The second-order valence-electron chi connectivity index (χ2n) is 7.83.